The largest absolute Gasteiger partial charge is 0.497 e. The van der Waals surface area contributed by atoms with Crippen LogP contribution in [0.1, 0.15) is 24.0 Å². The lowest BCUT2D eigenvalue weighted by Gasteiger charge is -2.35. The number of carbonyl (C=O) groups excluding carboxylic acids is 1. The molecule has 2 heterocycles. The molecule has 0 atom stereocenters. The average molecular weight is 484 g/mol. The number of amides is 1. The normalized spacial score (nSPS) is 17.9. The highest BCUT2D eigenvalue weighted by atomic mass is 35.5. The van der Waals surface area contributed by atoms with Crippen molar-refractivity contribution >= 4 is 29.1 Å². The number of hydrogen-bond acceptors (Lipinski definition) is 6. The molecule has 2 N–H and O–H groups in total. The van der Waals surface area contributed by atoms with Crippen molar-refractivity contribution in [2.75, 3.05) is 25.5 Å². The Morgan fingerprint density at radius 2 is 1.97 bits per heavy atom. The summed E-state index contributed by atoms with van der Waals surface area (Å²) in [6, 6.07) is 10.2. The van der Waals surface area contributed by atoms with Gasteiger partial charge in [0, 0.05) is 18.7 Å². The molecule has 33 heavy (non-hydrogen) atoms. The Morgan fingerprint density at radius 3 is 2.67 bits per heavy atom. The van der Waals surface area contributed by atoms with Crippen LogP contribution >= 0.6 is 11.6 Å². The van der Waals surface area contributed by atoms with Gasteiger partial charge in [0.25, 0.3) is 0 Å². The quantitative estimate of drug-likeness (QED) is 0.619. The summed E-state index contributed by atoms with van der Waals surface area (Å²) >= 11 is 5.91. The number of anilines is 1. The molecule has 2 aliphatic heterocycles. The Kier molecular flexibility index (Phi) is 6.42. The van der Waals surface area contributed by atoms with Gasteiger partial charge in [0.05, 0.1) is 29.1 Å². The van der Waals surface area contributed by atoms with Crippen molar-refractivity contribution in [3.8, 4) is 5.75 Å². The predicted octanol–water partition coefficient (Wildman–Crippen LogP) is 5.24. The fourth-order valence-electron chi connectivity index (χ4n) is 3.66. The highest BCUT2D eigenvalue weighted by Crippen LogP contribution is 2.36. The monoisotopic (exact) mass is 483 g/mol. The summed E-state index contributed by atoms with van der Waals surface area (Å²) in [6.45, 7) is 0.737. The summed E-state index contributed by atoms with van der Waals surface area (Å²) < 4.78 is 44.0. The van der Waals surface area contributed by atoms with Crippen molar-refractivity contribution in [2.45, 2.75) is 24.6 Å². The van der Waals surface area contributed by atoms with E-state index in [1.807, 2.05) is 30.3 Å². The number of methoxy groups -OCH3 is 1. The number of nitrogens with one attached hydrogen (secondary N) is 2. The Labute approximate surface area is 193 Å². The molecule has 2 aromatic rings. The fourth-order valence-corrected chi connectivity index (χ4v) is 3.83. The topological polar surface area (TPSA) is 72.1 Å². The van der Waals surface area contributed by atoms with Gasteiger partial charge in [-0.15, -0.1) is 5.06 Å². The van der Waals surface area contributed by atoms with Gasteiger partial charge in [-0.05, 0) is 49.2 Å². The van der Waals surface area contributed by atoms with Crippen LogP contribution in [-0.4, -0.2) is 37.0 Å². The van der Waals surface area contributed by atoms with E-state index in [1.165, 1.54) is 5.06 Å². The molecule has 0 radical (unpaired) electrons. The van der Waals surface area contributed by atoms with Gasteiger partial charge < -0.3 is 9.57 Å². The Bertz CT molecular complexity index is 1070. The molecule has 2 aliphatic rings. The molecule has 4 rings (SSSR count). The Balaban J connectivity index is 1.34. The second-order valence-corrected chi connectivity index (χ2v) is 8.09. The molecule has 0 bridgehead atoms. The van der Waals surface area contributed by atoms with E-state index < -0.39 is 23.4 Å². The zero-order valence-electron chi connectivity index (χ0n) is 17.5. The third-order valence-electron chi connectivity index (χ3n) is 5.46. The molecule has 0 aliphatic carbocycles. The predicted molar refractivity (Wildman–Crippen MR) is 115 cm³/mol. The molecule has 1 saturated heterocycles. The van der Waals surface area contributed by atoms with Crippen molar-refractivity contribution in [3.05, 3.63) is 64.7 Å². The summed E-state index contributed by atoms with van der Waals surface area (Å²) in [7, 11) is 1.60. The zero-order valence-corrected chi connectivity index (χ0v) is 18.3. The van der Waals surface area contributed by atoms with Crippen molar-refractivity contribution in [2.24, 2.45) is 0 Å². The van der Waals surface area contributed by atoms with Crippen LogP contribution in [0.25, 0.3) is 5.70 Å². The maximum atomic E-state index is 12.9. The van der Waals surface area contributed by atoms with Crippen molar-refractivity contribution < 1.29 is 32.4 Å². The molecule has 176 valence electrons. The summed E-state index contributed by atoms with van der Waals surface area (Å²) in [5, 5.41) is 3.67. The van der Waals surface area contributed by atoms with Crippen molar-refractivity contribution in [1.29, 1.82) is 0 Å². The number of benzene rings is 2. The number of rotatable bonds is 4. The molecule has 0 unspecified atom stereocenters. The molecule has 0 saturated carbocycles. The van der Waals surface area contributed by atoms with E-state index in [4.69, 9.17) is 26.0 Å². The maximum absolute atomic E-state index is 12.9. The fraction of sp³-hybridized carbons (Fsp3) is 0.318. The number of ether oxygens (including phenoxy) is 1. The second kappa shape index (κ2) is 9.12. The van der Waals surface area contributed by atoms with E-state index in [-0.39, 0.29) is 10.7 Å². The first-order valence-electron chi connectivity index (χ1n) is 10.1. The standard InChI is InChI=1S/C22H21ClF3N3O4/c1-31-16-4-2-3-14(11-16)19-13-21(33-28-19)7-9-29(10-8-21)32-20(30)27-18-12-15(22(24,25)26)5-6-17(18)23/h2-6,11-13,28H,7-10H2,1H3,(H,27,30). The number of piperidine rings is 1. The average Bonchev–Trinajstić information content (AvgIpc) is 3.20. The third-order valence-corrected chi connectivity index (χ3v) is 5.79. The number of alkyl halides is 3. The van der Waals surface area contributed by atoms with Gasteiger partial charge in [-0.25, -0.2) is 4.79 Å². The number of halogens is 4. The first-order valence-corrected chi connectivity index (χ1v) is 10.5. The van der Waals surface area contributed by atoms with E-state index in [2.05, 4.69) is 10.8 Å². The highest BCUT2D eigenvalue weighted by molar-refractivity contribution is 6.33. The summed E-state index contributed by atoms with van der Waals surface area (Å²) in [5.41, 5.74) is 3.03. The van der Waals surface area contributed by atoms with Gasteiger partial charge in [0.2, 0.25) is 0 Å². The molecular formula is C22H21ClF3N3O4. The van der Waals surface area contributed by atoms with Gasteiger partial charge in [-0.2, -0.15) is 13.2 Å². The van der Waals surface area contributed by atoms with Crippen LogP contribution in [0.4, 0.5) is 23.7 Å². The van der Waals surface area contributed by atoms with E-state index in [1.54, 1.807) is 7.11 Å². The summed E-state index contributed by atoms with van der Waals surface area (Å²) in [6.07, 6.45) is -2.42. The van der Waals surface area contributed by atoms with E-state index in [0.717, 1.165) is 35.2 Å². The van der Waals surface area contributed by atoms with Crippen LogP contribution in [0.3, 0.4) is 0 Å². The minimum atomic E-state index is -4.56. The Hall–Kier alpha value is -2.95. The molecule has 11 heteroatoms. The lowest BCUT2D eigenvalue weighted by molar-refractivity contribution is -0.153. The minimum Gasteiger partial charge on any atom is -0.497 e. The SMILES string of the molecule is COc1cccc(C2=CC3(CCN(OC(=O)Nc4cc(C(F)(F)F)ccc4Cl)CC3)ON2)c1. The van der Waals surface area contributed by atoms with Gasteiger partial charge in [-0.1, -0.05) is 23.7 Å². The summed E-state index contributed by atoms with van der Waals surface area (Å²) in [4.78, 5) is 23.3. The number of hydroxylamine groups is 3. The van der Waals surface area contributed by atoms with E-state index in [0.29, 0.717) is 25.9 Å². The molecule has 2 aromatic carbocycles. The lowest BCUT2D eigenvalue weighted by Crippen LogP contribution is -2.45. The maximum Gasteiger partial charge on any atom is 0.430 e. The smallest absolute Gasteiger partial charge is 0.430 e. The molecule has 1 fully saturated rings. The van der Waals surface area contributed by atoms with Crippen LogP contribution in [0.2, 0.25) is 5.02 Å². The zero-order chi connectivity index (χ0) is 23.6. The highest BCUT2D eigenvalue weighted by Gasteiger charge is 2.40. The Morgan fingerprint density at radius 1 is 1.21 bits per heavy atom. The molecule has 7 nitrogen and oxygen atoms in total. The van der Waals surface area contributed by atoms with Crippen LogP contribution in [0, 0.1) is 0 Å². The van der Waals surface area contributed by atoms with Gasteiger partial charge in [-0.3, -0.25) is 15.6 Å². The van der Waals surface area contributed by atoms with Crippen molar-refractivity contribution in [3.63, 3.8) is 0 Å². The molecule has 1 amide bonds. The lowest BCUT2D eigenvalue weighted by atomic mass is 9.91. The number of carbonyl (C=O) groups is 1. The van der Waals surface area contributed by atoms with Crippen LogP contribution in [0.15, 0.2) is 48.5 Å². The minimum absolute atomic E-state index is 0.0295. The van der Waals surface area contributed by atoms with Crippen molar-refractivity contribution in [1.82, 2.24) is 10.5 Å². The van der Waals surface area contributed by atoms with E-state index in [9.17, 15) is 18.0 Å². The van der Waals surface area contributed by atoms with E-state index >= 15 is 0 Å². The second-order valence-electron chi connectivity index (χ2n) is 7.68. The number of hydrogen-bond donors (Lipinski definition) is 2. The molecule has 0 aromatic heterocycles. The first-order chi connectivity index (χ1) is 15.7. The van der Waals surface area contributed by atoms with Gasteiger partial charge >= 0.3 is 12.3 Å². The van der Waals surface area contributed by atoms with Gasteiger partial charge in [0.1, 0.15) is 11.4 Å². The van der Waals surface area contributed by atoms with Crippen LogP contribution in [-0.2, 0) is 15.9 Å². The molecular weight excluding hydrogens is 463 g/mol. The third kappa shape index (κ3) is 5.35. The first kappa shape index (κ1) is 23.2. The van der Waals surface area contributed by atoms with Crippen LogP contribution < -0.4 is 15.5 Å². The summed E-state index contributed by atoms with van der Waals surface area (Å²) in [5.74, 6) is 0.728. The number of nitrogens with zero attached hydrogens (tertiary/aromatic N) is 1. The van der Waals surface area contributed by atoms with Crippen LogP contribution in [0.5, 0.6) is 5.75 Å². The molecule has 1 spiro atoms. The van der Waals surface area contributed by atoms with Gasteiger partial charge in [0.15, 0.2) is 0 Å².